The minimum absolute atomic E-state index is 0.0281. The van der Waals surface area contributed by atoms with Crippen LogP contribution in [0.3, 0.4) is 0 Å². The lowest BCUT2D eigenvalue weighted by atomic mass is 10.3. The average Bonchev–Trinajstić information content (AvgIpc) is 2.14. The number of rotatable bonds is 5. The van der Waals surface area contributed by atoms with Crippen LogP contribution in [0, 0.1) is 0 Å². The minimum Gasteiger partial charge on any atom is -0.481 e. The number of carboxylic acid groups (broad SMARTS) is 1. The summed E-state index contributed by atoms with van der Waals surface area (Å²) in [6, 6.07) is 0. The Kier molecular flexibility index (Phi) is 6.11. The van der Waals surface area contributed by atoms with Gasteiger partial charge in [0.1, 0.15) is 0 Å². The molecule has 1 amide bonds. The fourth-order valence-corrected chi connectivity index (χ4v) is 0.750. The Balaban J connectivity index is 3.93. The van der Waals surface area contributed by atoms with Crippen molar-refractivity contribution in [2.24, 2.45) is 0 Å². The third-order valence-corrected chi connectivity index (χ3v) is 1.58. The van der Waals surface area contributed by atoms with E-state index in [0.29, 0.717) is 0 Å². The molecule has 0 heterocycles. The second kappa shape index (κ2) is 6.88. The SMILES string of the molecule is CC=CC=CC(=O)N(C)CCC(=O)O. The predicted octanol–water partition coefficient (Wildman–Crippen LogP) is 1.05. The van der Waals surface area contributed by atoms with Gasteiger partial charge < -0.3 is 10.0 Å². The highest BCUT2D eigenvalue weighted by Gasteiger charge is 2.05. The van der Waals surface area contributed by atoms with Gasteiger partial charge in [0.2, 0.25) is 5.91 Å². The number of amides is 1. The van der Waals surface area contributed by atoms with Gasteiger partial charge in [0.25, 0.3) is 0 Å². The van der Waals surface area contributed by atoms with Gasteiger partial charge in [-0.1, -0.05) is 18.2 Å². The van der Waals surface area contributed by atoms with E-state index >= 15 is 0 Å². The molecule has 0 aliphatic heterocycles. The number of hydrogen-bond acceptors (Lipinski definition) is 2. The molecule has 0 aromatic carbocycles. The summed E-state index contributed by atoms with van der Waals surface area (Å²) in [7, 11) is 1.57. The van der Waals surface area contributed by atoms with Gasteiger partial charge in [-0.2, -0.15) is 0 Å². The lowest BCUT2D eigenvalue weighted by Crippen LogP contribution is -2.27. The molecule has 0 radical (unpaired) electrons. The summed E-state index contributed by atoms with van der Waals surface area (Å²) in [4.78, 5) is 22.8. The van der Waals surface area contributed by atoms with Crippen LogP contribution in [-0.2, 0) is 9.59 Å². The summed E-state index contributed by atoms with van der Waals surface area (Å²) in [5, 5.41) is 8.39. The van der Waals surface area contributed by atoms with Crippen molar-refractivity contribution in [2.45, 2.75) is 13.3 Å². The fourth-order valence-electron chi connectivity index (χ4n) is 0.750. The summed E-state index contributed by atoms with van der Waals surface area (Å²) in [6.07, 6.45) is 6.55. The van der Waals surface area contributed by atoms with Gasteiger partial charge in [0.15, 0.2) is 0 Å². The van der Waals surface area contributed by atoms with Crippen LogP contribution in [0.2, 0.25) is 0 Å². The average molecular weight is 197 g/mol. The normalized spacial score (nSPS) is 11.0. The number of carbonyl (C=O) groups is 2. The van der Waals surface area contributed by atoms with E-state index in [-0.39, 0.29) is 18.9 Å². The Bertz CT molecular complexity index is 256. The van der Waals surface area contributed by atoms with Crippen LogP contribution < -0.4 is 0 Å². The van der Waals surface area contributed by atoms with Crippen LogP contribution in [-0.4, -0.2) is 35.5 Å². The van der Waals surface area contributed by atoms with Crippen LogP contribution in [0.25, 0.3) is 0 Å². The number of hydrogen-bond donors (Lipinski definition) is 1. The van der Waals surface area contributed by atoms with Crippen LogP contribution in [0.5, 0.6) is 0 Å². The first-order chi connectivity index (χ1) is 6.57. The topological polar surface area (TPSA) is 57.6 Å². The highest BCUT2D eigenvalue weighted by molar-refractivity contribution is 5.87. The molecule has 4 heteroatoms. The van der Waals surface area contributed by atoms with Crippen molar-refractivity contribution >= 4 is 11.9 Å². The van der Waals surface area contributed by atoms with Crippen molar-refractivity contribution < 1.29 is 14.7 Å². The zero-order valence-corrected chi connectivity index (χ0v) is 8.43. The van der Waals surface area contributed by atoms with Gasteiger partial charge >= 0.3 is 5.97 Å². The summed E-state index contributed by atoms with van der Waals surface area (Å²) in [5.74, 6) is -1.09. The molecule has 1 N–H and O–H groups in total. The highest BCUT2D eigenvalue weighted by Crippen LogP contribution is 1.91. The number of nitrogens with zero attached hydrogens (tertiary/aromatic N) is 1. The molecule has 0 spiro atoms. The highest BCUT2D eigenvalue weighted by atomic mass is 16.4. The third kappa shape index (κ3) is 5.99. The largest absolute Gasteiger partial charge is 0.481 e. The summed E-state index contributed by atoms with van der Waals surface area (Å²) < 4.78 is 0. The Morgan fingerprint density at radius 3 is 2.50 bits per heavy atom. The molecule has 0 bridgehead atoms. The molecule has 0 aromatic heterocycles. The number of carbonyl (C=O) groups excluding carboxylic acids is 1. The molecular weight excluding hydrogens is 182 g/mol. The second-order valence-corrected chi connectivity index (χ2v) is 2.79. The molecule has 0 aliphatic carbocycles. The van der Waals surface area contributed by atoms with Gasteiger partial charge in [-0.25, -0.2) is 0 Å². The van der Waals surface area contributed by atoms with Gasteiger partial charge in [-0.3, -0.25) is 9.59 Å². The number of likely N-dealkylation sites (N-methyl/N-ethyl adjacent to an activating group) is 1. The summed E-state index contributed by atoms with van der Waals surface area (Å²) >= 11 is 0. The quantitative estimate of drug-likeness (QED) is 0.529. The molecule has 0 saturated heterocycles. The molecule has 0 saturated carbocycles. The van der Waals surface area contributed by atoms with Crippen molar-refractivity contribution in [2.75, 3.05) is 13.6 Å². The van der Waals surface area contributed by atoms with E-state index < -0.39 is 5.97 Å². The lowest BCUT2D eigenvalue weighted by molar-refractivity contribution is -0.137. The van der Waals surface area contributed by atoms with Gasteiger partial charge in [-0.05, 0) is 6.92 Å². The minimum atomic E-state index is -0.901. The van der Waals surface area contributed by atoms with Gasteiger partial charge in [0.05, 0.1) is 6.42 Å². The molecule has 14 heavy (non-hydrogen) atoms. The van der Waals surface area contributed by atoms with Crippen molar-refractivity contribution in [1.29, 1.82) is 0 Å². The maximum atomic E-state index is 11.2. The fraction of sp³-hybridized carbons (Fsp3) is 0.400. The molecule has 0 fully saturated rings. The first-order valence-corrected chi connectivity index (χ1v) is 4.34. The Hall–Kier alpha value is -1.58. The molecular formula is C10H15NO3. The van der Waals surface area contributed by atoms with E-state index in [4.69, 9.17) is 5.11 Å². The second-order valence-electron chi connectivity index (χ2n) is 2.79. The van der Waals surface area contributed by atoms with E-state index in [9.17, 15) is 9.59 Å². The maximum Gasteiger partial charge on any atom is 0.305 e. The van der Waals surface area contributed by atoms with Gasteiger partial charge in [-0.15, -0.1) is 0 Å². The lowest BCUT2D eigenvalue weighted by Gasteiger charge is -2.12. The van der Waals surface area contributed by atoms with Gasteiger partial charge in [0, 0.05) is 19.7 Å². The predicted molar refractivity (Wildman–Crippen MR) is 53.8 cm³/mol. The molecule has 78 valence electrons. The first kappa shape index (κ1) is 12.4. The smallest absolute Gasteiger partial charge is 0.305 e. The standard InChI is InChI=1S/C10H15NO3/c1-3-4-5-6-9(12)11(2)8-7-10(13)14/h3-6H,7-8H2,1-2H3,(H,13,14). The first-order valence-electron chi connectivity index (χ1n) is 4.34. The molecule has 4 nitrogen and oxygen atoms in total. The molecule has 0 rings (SSSR count). The van der Waals surface area contributed by atoms with Crippen molar-refractivity contribution in [3.8, 4) is 0 Å². The monoisotopic (exact) mass is 197 g/mol. The van der Waals surface area contributed by atoms with Crippen LogP contribution in [0.1, 0.15) is 13.3 Å². The zero-order valence-electron chi connectivity index (χ0n) is 8.43. The van der Waals surface area contributed by atoms with Crippen LogP contribution >= 0.6 is 0 Å². The molecule has 0 unspecified atom stereocenters. The molecule has 0 atom stereocenters. The number of allylic oxidation sites excluding steroid dienone is 3. The van der Waals surface area contributed by atoms with Crippen LogP contribution in [0.4, 0.5) is 0 Å². The van der Waals surface area contributed by atoms with E-state index in [1.807, 2.05) is 6.92 Å². The van der Waals surface area contributed by atoms with Crippen molar-refractivity contribution in [3.63, 3.8) is 0 Å². The molecule has 0 aromatic rings. The number of carboxylic acids is 1. The summed E-state index contributed by atoms with van der Waals surface area (Å²) in [5.41, 5.74) is 0. The van der Waals surface area contributed by atoms with Crippen LogP contribution in [0.15, 0.2) is 24.3 Å². The Labute approximate surface area is 83.5 Å². The van der Waals surface area contributed by atoms with E-state index in [1.165, 1.54) is 11.0 Å². The zero-order chi connectivity index (χ0) is 11.0. The third-order valence-electron chi connectivity index (χ3n) is 1.58. The van der Waals surface area contributed by atoms with Crippen molar-refractivity contribution in [3.05, 3.63) is 24.3 Å². The van der Waals surface area contributed by atoms with E-state index in [2.05, 4.69) is 0 Å². The number of aliphatic carboxylic acids is 1. The summed E-state index contributed by atoms with van der Waals surface area (Å²) in [6.45, 7) is 2.08. The van der Waals surface area contributed by atoms with Crippen molar-refractivity contribution in [1.82, 2.24) is 4.90 Å². The molecule has 0 aliphatic rings. The van der Waals surface area contributed by atoms with E-state index in [1.54, 1.807) is 25.3 Å². The van der Waals surface area contributed by atoms with E-state index in [0.717, 1.165) is 0 Å². The maximum absolute atomic E-state index is 11.2. The Morgan fingerprint density at radius 1 is 1.36 bits per heavy atom. The Morgan fingerprint density at radius 2 is 2.00 bits per heavy atom.